The molecule has 0 aliphatic carbocycles. The quantitative estimate of drug-likeness (QED) is 0.288. The lowest BCUT2D eigenvalue weighted by atomic mass is 9.96. The lowest BCUT2D eigenvalue weighted by Crippen LogP contribution is -2.42. The Kier molecular flexibility index (Phi) is 9.28. The second-order valence-corrected chi connectivity index (χ2v) is 9.59. The Morgan fingerprint density at radius 3 is 2.38 bits per heavy atom. The summed E-state index contributed by atoms with van der Waals surface area (Å²) in [7, 11) is 2.40. The minimum atomic E-state index is -1.07. The second kappa shape index (κ2) is 12.6. The maximum Gasteiger partial charge on any atom is 0.328 e. The minimum Gasteiger partial charge on any atom is -0.469 e. The zero-order valence-electron chi connectivity index (χ0n) is 22.6. The number of aromatic nitrogens is 4. The van der Waals surface area contributed by atoms with E-state index in [2.05, 4.69) is 47.1 Å². The van der Waals surface area contributed by atoms with Crippen LogP contribution in [0, 0.1) is 17.3 Å². The summed E-state index contributed by atoms with van der Waals surface area (Å²) >= 11 is 0. The molecule has 0 aromatic carbocycles. The molecular formula is C27H28N6O7. The number of pyridine rings is 2. The van der Waals surface area contributed by atoms with E-state index >= 15 is 0 Å². The van der Waals surface area contributed by atoms with Gasteiger partial charge in [-0.1, -0.05) is 32.6 Å². The van der Waals surface area contributed by atoms with Gasteiger partial charge in [0.25, 0.3) is 11.5 Å². The fourth-order valence-corrected chi connectivity index (χ4v) is 3.22. The van der Waals surface area contributed by atoms with Crippen LogP contribution < -0.4 is 16.2 Å². The van der Waals surface area contributed by atoms with Crippen molar-refractivity contribution in [3.63, 3.8) is 0 Å². The number of nitrogens with one attached hydrogen (secondary N) is 3. The number of carbonyl (C=O) groups excluding carboxylic acids is 4. The molecule has 208 valence electrons. The van der Waals surface area contributed by atoms with Crippen LogP contribution in [0.4, 0.5) is 5.95 Å². The Hall–Kier alpha value is -5.12. The van der Waals surface area contributed by atoms with Crippen molar-refractivity contribution in [2.75, 3.05) is 19.5 Å². The molecule has 1 atom stereocenters. The first-order valence-corrected chi connectivity index (χ1v) is 12.1. The molecule has 2 amide bonds. The molecule has 40 heavy (non-hydrogen) atoms. The van der Waals surface area contributed by atoms with E-state index < -0.39 is 34.9 Å². The standard InChI is InChI=1S/C27H28N6O7/c1-27(2,3)25(38)33-26-31-21-18(23(36)32-26)11-16(13-29-21)7-6-15-10-17(14-28-12-15)22(35)30-19(24(37)40-5)8-9-20(34)39-4/h10-14,19H,8-9H2,1-5H3,(H,30,35)(H2,29,31,32,33,36,38)/t19-/m0/s1. The zero-order valence-corrected chi connectivity index (χ0v) is 22.6. The van der Waals surface area contributed by atoms with Gasteiger partial charge in [0.05, 0.1) is 25.2 Å². The normalized spacial score (nSPS) is 11.5. The Bertz CT molecular complexity index is 1580. The first-order valence-electron chi connectivity index (χ1n) is 12.1. The molecule has 0 bridgehead atoms. The molecule has 3 rings (SSSR count). The Balaban J connectivity index is 1.78. The highest BCUT2D eigenvalue weighted by molar-refractivity contribution is 5.97. The Morgan fingerprint density at radius 2 is 1.73 bits per heavy atom. The predicted octanol–water partition coefficient (Wildman–Crippen LogP) is 1.32. The molecule has 3 N–H and O–H groups in total. The molecule has 0 saturated heterocycles. The van der Waals surface area contributed by atoms with Gasteiger partial charge in [-0.15, -0.1) is 0 Å². The van der Waals surface area contributed by atoms with Crippen LogP contribution in [0.3, 0.4) is 0 Å². The van der Waals surface area contributed by atoms with E-state index in [1.807, 2.05) is 0 Å². The van der Waals surface area contributed by atoms with Crippen molar-refractivity contribution < 1.29 is 28.7 Å². The number of methoxy groups -OCH3 is 2. The van der Waals surface area contributed by atoms with Crippen molar-refractivity contribution in [1.82, 2.24) is 25.3 Å². The zero-order chi connectivity index (χ0) is 29.4. The van der Waals surface area contributed by atoms with Crippen LogP contribution in [0.25, 0.3) is 11.0 Å². The van der Waals surface area contributed by atoms with Crippen molar-refractivity contribution in [1.29, 1.82) is 0 Å². The minimum absolute atomic E-state index is 0.00852. The number of nitrogens with zero attached hydrogens (tertiary/aromatic N) is 3. The maximum absolute atomic E-state index is 12.7. The molecule has 0 saturated carbocycles. The number of fused-ring (bicyclic) bond motifs is 1. The van der Waals surface area contributed by atoms with Gasteiger partial charge >= 0.3 is 11.9 Å². The lowest BCUT2D eigenvalue weighted by molar-refractivity contribution is -0.144. The van der Waals surface area contributed by atoms with Crippen LogP contribution in [0.5, 0.6) is 0 Å². The summed E-state index contributed by atoms with van der Waals surface area (Å²) in [5.41, 5.74) is -0.148. The summed E-state index contributed by atoms with van der Waals surface area (Å²) in [6.07, 6.45) is 4.06. The maximum atomic E-state index is 12.7. The van der Waals surface area contributed by atoms with E-state index in [1.54, 1.807) is 20.8 Å². The largest absolute Gasteiger partial charge is 0.469 e. The fourth-order valence-electron chi connectivity index (χ4n) is 3.22. The summed E-state index contributed by atoms with van der Waals surface area (Å²) in [5, 5.41) is 5.26. The SMILES string of the molecule is COC(=O)CC[C@H](NC(=O)c1cncc(C#Cc2cnc3nc(NC(=O)C(C)(C)C)[nH]c(=O)c3c2)c1)C(=O)OC. The molecule has 0 aliphatic heterocycles. The second-order valence-electron chi connectivity index (χ2n) is 9.59. The monoisotopic (exact) mass is 548 g/mol. The highest BCUT2D eigenvalue weighted by Crippen LogP contribution is 2.16. The van der Waals surface area contributed by atoms with Gasteiger partial charge in [-0.2, -0.15) is 4.98 Å². The summed E-state index contributed by atoms with van der Waals surface area (Å²) in [6.45, 7) is 5.19. The van der Waals surface area contributed by atoms with Gasteiger partial charge in [0.2, 0.25) is 11.9 Å². The Labute approximate surface area is 229 Å². The first-order chi connectivity index (χ1) is 18.9. The molecule has 0 aliphatic rings. The highest BCUT2D eigenvalue weighted by Gasteiger charge is 2.24. The molecule has 13 heteroatoms. The van der Waals surface area contributed by atoms with Crippen molar-refractivity contribution in [3.8, 4) is 11.8 Å². The molecule has 0 radical (unpaired) electrons. The lowest BCUT2D eigenvalue weighted by Gasteiger charge is -2.16. The molecule has 3 aromatic heterocycles. The van der Waals surface area contributed by atoms with Crippen molar-refractivity contribution in [3.05, 3.63) is 57.8 Å². The summed E-state index contributed by atoms with van der Waals surface area (Å²) in [5.74, 6) is 3.53. The van der Waals surface area contributed by atoms with Gasteiger partial charge in [-0.05, 0) is 18.6 Å². The number of rotatable bonds is 7. The van der Waals surface area contributed by atoms with E-state index in [0.29, 0.717) is 11.1 Å². The number of hydrogen-bond donors (Lipinski definition) is 3. The van der Waals surface area contributed by atoms with Crippen LogP contribution in [0.15, 0.2) is 35.5 Å². The van der Waals surface area contributed by atoms with Crippen molar-refractivity contribution >= 4 is 40.7 Å². The van der Waals surface area contributed by atoms with E-state index in [0.717, 1.165) is 0 Å². The predicted molar refractivity (Wildman–Crippen MR) is 143 cm³/mol. The third kappa shape index (κ3) is 7.70. The van der Waals surface area contributed by atoms with Gasteiger partial charge in [-0.3, -0.25) is 34.5 Å². The number of hydrogen-bond acceptors (Lipinski definition) is 10. The van der Waals surface area contributed by atoms with Gasteiger partial charge < -0.3 is 14.8 Å². The van der Waals surface area contributed by atoms with Crippen molar-refractivity contribution in [2.24, 2.45) is 5.41 Å². The number of ether oxygens (including phenoxy) is 2. The molecule has 0 fully saturated rings. The summed E-state index contributed by atoms with van der Waals surface area (Å²) in [4.78, 5) is 75.9. The van der Waals surface area contributed by atoms with Crippen LogP contribution in [0.1, 0.15) is 55.1 Å². The molecule has 3 aromatic rings. The third-order valence-corrected chi connectivity index (χ3v) is 5.48. The van der Waals surface area contributed by atoms with Crippen molar-refractivity contribution in [2.45, 2.75) is 39.7 Å². The number of H-pyrrole nitrogens is 1. The summed E-state index contributed by atoms with van der Waals surface area (Å²) < 4.78 is 9.28. The van der Waals surface area contributed by atoms with Crippen LogP contribution >= 0.6 is 0 Å². The van der Waals surface area contributed by atoms with E-state index in [-0.39, 0.29) is 41.3 Å². The first kappa shape index (κ1) is 29.4. The number of carbonyl (C=O) groups is 4. The average Bonchev–Trinajstić information content (AvgIpc) is 2.93. The van der Waals surface area contributed by atoms with Gasteiger partial charge in [0.15, 0.2) is 5.65 Å². The van der Waals surface area contributed by atoms with E-state index in [1.165, 1.54) is 44.9 Å². The number of anilines is 1. The Morgan fingerprint density at radius 1 is 1.02 bits per heavy atom. The fraction of sp³-hybridized carbons (Fsp3) is 0.333. The van der Waals surface area contributed by atoms with Gasteiger partial charge in [-0.25, -0.2) is 9.78 Å². The van der Waals surface area contributed by atoms with E-state index in [9.17, 15) is 24.0 Å². The number of amides is 2. The molecule has 0 spiro atoms. The van der Waals surface area contributed by atoms with Crippen LogP contribution in [-0.2, 0) is 23.9 Å². The highest BCUT2D eigenvalue weighted by atomic mass is 16.5. The summed E-state index contributed by atoms with van der Waals surface area (Å²) in [6, 6.07) is 1.91. The smallest absolute Gasteiger partial charge is 0.328 e. The molecule has 13 nitrogen and oxygen atoms in total. The average molecular weight is 549 g/mol. The van der Waals surface area contributed by atoms with E-state index in [4.69, 9.17) is 4.74 Å². The van der Waals surface area contributed by atoms with Gasteiger partial charge in [0.1, 0.15) is 6.04 Å². The van der Waals surface area contributed by atoms with Gasteiger partial charge in [0, 0.05) is 41.6 Å². The number of esters is 2. The third-order valence-electron chi connectivity index (χ3n) is 5.48. The van der Waals surface area contributed by atoms with Crippen LogP contribution in [0.2, 0.25) is 0 Å². The molecule has 3 heterocycles. The number of aromatic amines is 1. The molecule has 0 unspecified atom stereocenters. The van der Waals surface area contributed by atoms with Crippen LogP contribution in [-0.4, -0.2) is 64.0 Å². The molecular weight excluding hydrogens is 520 g/mol. The topological polar surface area (TPSA) is 182 Å².